The monoisotopic (exact) mass is 1190 g/mol. The van der Waals surface area contributed by atoms with Crippen LogP contribution in [0.2, 0.25) is 20.1 Å². The summed E-state index contributed by atoms with van der Waals surface area (Å²) in [6.45, 7) is 0. The second kappa shape index (κ2) is 22.9. The van der Waals surface area contributed by atoms with Crippen LogP contribution < -0.4 is 46.2 Å². The molecule has 0 unspecified atom stereocenters. The lowest BCUT2D eigenvalue weighted by atomic mass is 9.91. The van der Waals surface area contributed by atoms with Crippen LogP contribution in [-0.4, -0.2) is 93.1 Å². The number of hydrogen-bond donors (Lipinski definition) is 7. The van der Waals surface area contributed by atoms with E-state index in [1.54, 1.807) is 16.0 Å². The van der Waals surface area contributed by atoms with Gasteiger partial charge >= 0.3 is 11.4 Å². The topological polar surface area (TPSA) is 364 Å². The second-order valence-electron chi connectivity index (χ2n) is 16.3. The SMILES string of the molecule is COc1cc(C#N)c(Oc2c(Cl)cc(-n3nc(C(F)F)c(=O)[nH]c3=O)cc2Cl)cc1S(=O)(=O)NC1CC(O)C1.N#Cc1cc(O)c(S(=O)(=O)NC2CC(O)C2)cc1Oc1c(Cl)cc(-n2nc(C(F)F)c(=O)[nH]c2=O)cc1Cl. The zero-order valence-electron chi connectivity index (χ0n) is 38.3. The predicted octanol–water partition coefficient (Wildman–Crippen LogP) is 4.98. The molecule has 0 radical (unpaired) electrons. The fourth-order valence-corrected chi connectivity index (χ4v) is 11.1. The quantitative estimate of drug-likeness (QED) is 0.0667. The van der Waals surface area contributed by atoms with Crippen molar-refractivity contribution in [1.82, 2.24) is 39.0 Å². The number of H-pyrrole nitrogens is 2. The number of aromatic hydroxyl groups is 1. The average Bonchev–Trinajstić information content (AvgIpc) is 3.32. The van der Waals surface area contributed by atoms with Crippen molar-refractivity contribution in [3.8, 4) is 58.0 Å². The van der Waals surface area contributed by atoms with Gasteiger partial charge in [0.1, 0.15) is 44.9 Å². The van der Waals surface area contributed by atoms with Gasteiger partial charge in [0.25, 0.3) is 24.0 Å². The molecule has 406 valence electrons. The maximum Gasteiger partial charge on any atom is 0.349 e. The van der Waals surface area contributed by atoms with Gasteiger partial charge in [-0.05, 0) is 49.9 Å². The highest BCUT2D eigenvalue weighted by Crippen LogP contribution is 2.43. The molecule has 2 fully saturated rings. The number of benzene rings is 4. The van der Waals surface area contributed by atoms with E-state index in [-0.39, 0.29) is 102 Å². The van der Waals surface area contributed by atoms with Gasteiger partial charge in [0, 0.05) is 36.3 Å². The van der Waals surface area contributed by atoms with Gasteiger partial charge in [-0.3, -0.25) is 19.6 Å². The van der Waals surface area contributed by atoms with Crippen molar-refractivity contribution in [3.05, 3.63) is 133 Å². The number of hydrogen-bond acceptors (Lipinski definition) is 18. The number of alkyl halides is 4. The summed E-state index contributed by atoms with van der Waals surface area (Å²) in [7, 11) is -7.28. The zero-order chi connectivity index (χ0) is 56.6. The minimum atomic E-state index is -4.30. The van der Waals surface area contributed by atoms with Crippen LogP contribution in [0, 0.1) is 22.7 Å². The number of aromatic nitrogens is 6. The Hall–Kier alpha value is -7.10. The minimum absolute atomic E-state index is 0.152. The van der Waals surface area contributed by atoms with E-state index in [0.29, 0.717) is 9.36 Å². The molecule has 2 aliphatic rings. The minimum Gasteiger partial charge on any atom is -0.506 e. The van der Waals surface area contributed by atoms with Crippen molar-refractivity contribution < 1.29 is 63.9 Å². The number of nitrogens with one attached hydrogen (secondary N) is 4. The van der Waals surface area contributed by atoms with Crippen LogP contribution in [0.4, 0.5) is 17.6 Å². The molecule has 0 aliphatic heterocycles. The molecule has 2 aromatic heterocycles. The largest absolute Gasteiger partial charge is 0.506 e. The van der Waals surface area contributed by atoms with E-state index in [0.717, 1.165) is 48.5 Å². The molecule has 24 nitrogen and oxygen atoms in total. The van der Waals surface area contributed by atoms with E-state index >= 15 is 0 Å². The maximum atomic E-state index is 13.1. The molecule has 0 amide bonds. The first-order valence-electron chi connectivity index (χ1n) is 21.3. The smallest absolute Gasteiger partial charge is 0.349 e. The van der Waals surface area contributed by atoms with Crippen LogP contribution in [-0.2, 0) is 20.0 Å². The van der Waals surface area contributed by atoms with Gasteiger partial charge in [-0.15, -0.1) is 0 Å². The number of ether oxygens (including phenoxy) is 3. The molecule has 0 atom stereocenters. The summed E-state index contributed by atoms with van der Waals surface area (Å²) in [6, 6.07) is 10.6. The van der Waals surface area contributed by atoms with E-state index in [9.17, 15) is 79.4 Å². The molecule has 34 heteroatoms. The molecule has 77 heavy (non-hydrogen) atoms. The standard InChI is InChI=1S/C22H17Cl2F2N5O7S.C21H15Cl2F2N5O7S/c1-37-16-2-9(8-27)15(7-17(16)39(35,36)30-10-3-12(32)4-10)38-19-13(23)5-11(6-14(19)24)31-22(34)28-21(33)18(29-31)20(25)26;22-12-4-10(30-21(34)27-20(33)17(28-30)19(24)25)5-13(23)18(12)37-15-6-16(14(32)1-8(15)7-26)38(35,36)29-9-2-11(31)3-9/h2,5-7,10,12,20,30,32H,3-4H2,1H3,(H,28,33,34);1,4-6,9,11,19,29,31-32H,2-3H2,(H,27,33,34). The number of sulfonamides is 2. The number of rotatable bonds is 15. The molecule has 6 aromatic rings. The Morgan fingerprint density at radius 1 is 0.636 bits per heavy atom. The summed E-state index contributed by atoms with van der Waals surface area (Å²) in [6.07, 6.45) is -7.00. The van der Waals surface area contributed by atoms with Crippen LogP contribution in [0.3, 0.4) is 0 Å². The second-order valence-corrected chi connectivity index (χ2v) is 21.3. The lowest BCUT2D eigenvalue weighted by Crippen LogP contribution is -2.46. The van der Waals surface area contributed by atoms with Crippen molar-refractivity contribution in [3.63, 3.8) is 0 Å². The number of halogens is 8. The van der Waals surface area contributed by atoms with Gasteiger partial charge in [-0.2, -0.15) is 30.1 Å². The molecule has 8 rings (SSSR count). The number of phenols is 1. The van der Waals surface area contributed by atoms with E-state index in [1.165, 1.54) is 7.11 Å². The number of methoxy groups -OCH3 is 1. The van der Waals surface area contributed by atoms with Crippen LogP contribution in [0.1, 0.15) is 61.0 Å². The molecule has 2 aliphatic carbocycles. The lowest BCUT2D eigenvalue weighted by molar-refractivity contribution is 0.0707. The Labute approximate surface area is 448 Å². The van der Waals surface area contributed by atoms with Gasteiger partial charge in [0.15, 0.2) is 22.9 Å². The Morgan fingerprint density at radius 3 is 1.35 bits per heavy atom. The van der Waals surface area contributed by atoms with Crippen molar-refractivity contribution in [2.24, 2.45) is 0 Å². The molecule has 2 saturated carbocycles. The first-order chi connectivity index (χ1) is 36.1. The molecule has 0 bridgehead atoms. The summed E-state index contributed by atoms with van der Waals surface area (Å²) in [5.74, 6) is -2.12. The van der Waals surface area contributed by atoms with Crippen LogP contribution >= 0.6 is 46.4 Å². The van der Waals surface area contributed by atoms with E-state index < -0.39 is 102 Å². The van der Waals surface area contributed by atoms with Crippen LogP contribution in [0.15, 0.2) is 77.5 Å². The summed E-state index contributed by atoms with van der Waals surface area (Å²) in [5, 5.41) is 53.7. The van der Waals surface area contributed by atoms with Gasteiger partial charge < -0.3 is 29.5 Å². The fourth-order valence-electron chi connectivity index (χ4n) is 7.17. The lowest BCUT2D eigenvalue weighted by Gasteiger charge is -2.31. The molecular formula is C43H32Cl4F4N10O14S2. The van der Waals surface area contributed by atoms with Crippen LogP contribution in [0.5, 0.6) is 34.5 Å². The van der Waals surface area contributed by atoms with Crippen molar-refractivity contribution in [2.75, 3.05) is 7.11 Å². The average molecular weight is 1190 g/mol. The third kappa shape index (κ3) is 12.5. The first kappa shape index (κ1) is 57.6. The van der Waals surface area contributed by atoms with Crippen molar-refractivity contribution >= 4 is 66.5 Å². The number of aliphatic hydroxyl groups excluding tert-OH is 2. The normalized spacial score (nSPS) is 17.1. The summed E-state index contributed by atoms with van der Waals surface area (Å²) >= 11 is 25.0. The Kier molecular flexibility index (Phi) is 17.1. The summed E-state index contributed by atoms with van der Waals surface area (Å²) in [4.78, 5) is 49.8. The Balaban J connectivity index is 0.000000224. The van der Waals surface area contributed by atoms with Crippen molar-refractivity contribution in [1.29, 1.82) is 10.5 Å². The molecule has 0 saturated heterocycles. The zero-order valence-corrected chi connectivity index (χ0v) is 42.9. The highest BCUT2D eigenvalue weighted by Gasteiger charge is 2.35. The van der Waals surface area contributed by atoms with Crippen LogP contribution in [0.25, 0.3) is 11.4 Å². The predicted molar refractivity (Wildman–Crippen MR) is 260 cm³/mol. The number of phenolic OH excluding ortho intramolecular Hbond substituents is 1. The highest BCUT2D eigenvalue weighted by atomic mass is 35.5. The molecular weight excluding hydrogens is 1160 g/mol. The fraction of sp³-hybridized carbons (Fsp3) is 0.256. The number of nitrogens with zero attached hydrogens (tertiary/aromatic N) is 6. The van der Waals surface area contributed by atoms with Gasteiger partial charge in [-0.25, -0.2) is 53.4 Å². The molecule has 4 aromatic carbocycles. The van der Waals surface area contributed by atoms with Crippen molar-refractivity contribution in [2.45, 2.75) is 72.6 Å². The molecule has 2 heterocycles. The Morgan fingerprint density at radius 2 is 1.00 bits per heavy atom. The first-order valence-corrected chi connectivity index (χ1v) is 25.8. The summed E-state index contributed by atoms with van der Waals surface area (Å²) < 4.78 is 126. The maximum absolute atomic E-state index is 13.1. The third-order valence-electron chi connectivity index (χ3n) is 11.0. The Bertz CT molecular complexity index is 3870. The highest BCUT2D eigenvalue weighted by molar-refractivity contribution is 7.90. The van der Waals surface area contributed by atoms with E-state index in [1.807, 2.05) is 6.07 Å². The molecule has 0 spiro atoms. The number of aliphatic hydroxyl groups is 2. The summed E-state index contributed by atoms with van der Waals surface area (Å²) in [5.41, 5.74) is -8.35. The van der Waals surface area contributed by atoms with Gasteiger partial charge in [0.2, 0.25) is 20.0 Å². The van der Waals surface area contributed by atoms with E-state index in [2.05, 4.69) is 19.6 Å². The van der Waals surface area contributed by atoms with Gasteiger partial charge in [0.05, 0.1) is 61.9 Å². The number of nitriles is 2. The third-order valence-corrected chi connectivity index (χ3v) is 15.2. The van der Waals surface area contributed by atoms with E-state index in [4.69, 9.17) is 60.6 Å². The number of aromatic amines is 2. The molecule has 7 N–H and O–H groups in total. The van der Waals surface area contributed by atoms with Gasteiger partial charge in [-0.1, -0.05) is 46.4 Å².